The van der Waals surface area contributed by atoms with Crippen LogP contribution in [0.25, 0.3) is 0 Å². The highest BCUT2D eigenvalue weighted by molar-refractivity contribution is 5.93. The van der Waals surface area contributed by atoms with Gasteiger partial charge in [0, 0.05) is 12.8 Å². The van der Waals surface area contributed by atoms with Gasteiger partial charge < -0.3 is 29.9 Å². The quantitative estimate of drug-likeness (QED) is 0.404. The third-order valence-corrected chi connectivity index (χ3v) is 3.02. The monoisotopic (exact) mass is 342 g/mol. The van der Waals surface area contributed by atoms with Crippen molar-refractivity contribution in [2.45, 2.75) is 51.5 Å². The highest BCUT2D eigenvalue weighted by atomic mass is 16.8. The van der Waals surface area contributed by atoms with Crippen LogP contribution in [-0.4, -0.2) is 44.3 Å². The van der Waals surface area contributed by atoms with Crippen LogP contribution in [0.5, 0.6) is 0 Å². The molecule has 1 rings (SSSR count). The third-order valence-electron chi connectivity index (χ3n) is 3.02. The molecule has 0 unspecified atom stereocenters. The molecular formula is C16H22O8. The summed E-state index contributed by atoms with van der Waals surface area (Å²) in [7, 11) is 0. The molecule has 0 bridgehead atoms. The number of esters is 2. The van der Waals surface area contributed by atoms with Crippen molar-refractivity contribution in [1.82, 2.24) is 0 Å². The van der Waals surface area contributed by atoms with E-state index in [1.54, 1.807) is 13.8 Å². The molecule has 0 spiro atoms. The summed E-state index contributed by atoms with van der Waals surface area (Å²) in [5.41, 5.74) is -0.0223. The molecule has 1 aromatic carbocycles. The van der Waals surface area contributed by atoms with Crippen molar-refractivity contribution >= 4 is 11.9 Å². The molecule has 0 amide bonds. The number of rotatable bonds is 8. The first-order valence-electron chi connectivity index (χ1n) is 7.56. The molecule has 0 radical (unpaired) electrons. The molecule has 0 aliphatic rings. The van der Waals surface area contributed by atoms with E-state index in [4.69, 9.17) is 0 Å². The van der Waals surface area contributed by atoms with Crippen molar-refractivity contribution < 1.29 is 39.5 Å². The summed E-state index contributed by atoms with van der Waals surface area (Å²) < 4.78 is 9.11. The number of benzene rings is 1. The lowest BCUT2D eigenvalue weighted by molar-refractivity contribution is -0.311. The van der Waals surface area contributed by atoms with Crippen molar-refractivity contribution in [3.63, 3.8) is 0 Å². The average molecular weight is 342 g/mol. The Hall–Kier alpha value is -2.00. The molecule has 0 fully saturated rings. The lowest BCUT2D eigenvalue weighted by Crippen LogP contribution is -2.34. The molecule has 0 heterocycles. The number of ether oxygens (including phenoxy) is 2. The first kappa shape index (κ1) is 20.0. The van der Waals surface area contributed by atoms with Gasteiger partial charge in [0.1, 0.15) is 0 Å². The molecule has 4 N–H and O–H groups in total. The third kappa shape index (κ3) is 6.25. The van der Waals surface area contributed by atoms with Gasteiger partial charge in [0.15, 0.2) is 0 Å². The van der Waals surface area contributed by atoms with Crippen LogP contribution in [0, 0.1) is 0 Å². The van der Waals surface area contributed by atoms with E-state index in [9.17, 15) is 30.0 Å². The van der Waals surface area contributed by atoms with E-state index in [2.05, 4.69) is 9.47 Å². The lowest BCUT2D eigenvalue weighted by atomic mass is 10.1. The summed E-state index contributed by atoms with van der Waals surface area (Å²) in [5, 5.41) is 37.8. The Labute approximate surface area is 139 Å². The smallest absolute Gasteiger partial charge is 0.342 e. The Bertz CT molecular complexity index is 511. The maximum Gasteiger partial charge on any atom is 0.342 e. The topological polar surface area (TPSA) is 134 Å². The highest BCUT2D eigenvalue weighted by Crippen LogP contribution is 2.17. The van der Waals surface area contributed by atoms with Crippen LogP contribution in [0.3, 0.4) is 0 Å². The standard InChI is InChI=1S/C16H22O8/c1-3-9-15(19,20)23-13(17)11-5-7-12(8-6-11)14(18)24-16(21,22)10-4-2/h5-8,19-22H,3-4,9-10H2,1-2H3. The average Bonchev–Trinajstić information content (AvgIpc) is 2.46. The summed E-state index contributed by atoms with van der Waals surface area (Å²) in [6, 6.07) is 4.88. The molecule has 0 atom stereocenters. The van der Waals surface area contributed by atoms with Crippen LogP contribution in [-0.2, 0) is 9.47 Å². The molecule has 24 heavy (non-hydrogen) atoms. The van der Waals surface area contributed by atoms with Crippen molar-refractivity contribution in [3.05, 3.63) is 35.4 Å². The zero-order chi connectivity index (χ0) is 18.4. The van der Waals surface area contributed by atoms with Crippen LogP contribution in [0.1, 0.15) is 60.2 Å². The van der Waals surface area contributed by atoms with E-state index < -0.39 is 23.9 Å². The largest absolute Gasteiger partial charge is 0.404 e. The molecule has 0 saturated heterocycles. The molecular weight excluding hydrogens is 320 g/mol. The van der Waals surface area contributed by atoms with Gasteiger partial charge in [-0.05, 0) is 37.1 Å². The SMILES string of the molecule is CCCC(O)(O)OC(=O)c1ccc(C(=O)OC(O)(O)CCC)cc1. The predicted molar refractivity (Wildman–Crippen MR) is 81.4 cm³/mol. The van der Waals surface area contributed by atoms with E-state index in [0.29, 0.717) is 12.8 Å². The summed E-state index contributed by atoms with van der Waals surface area (Å²) >= 11 is 0. The Morgan fingerprint density at radius 2 is 1.08 bits per heavy atom. The van der Waals surface area contributed by atoms with Gasteiger partial charge >= 0.3 is 23.9 Å². The van der Waals surface area contributed by atoms with Gasteiger partial charge in [-0.2, -0.15) is 0 Å². The summed E-state index contributed by atoms with van der Waals surface area (Å²) in [6.07, 6.45) is 0.505. The minimum atomic E-state index is -2.56. The number of aliphatic hydroxyl groups is 4. The minimum Gasteiger partial charge on any atom is -0.404 e. The predicted octanol–water partition coefficient (Wildman–Crippen LogP) is 0.877. The Morgan fingerprint density at radius 1 is 0.792 bits per heavy atom. The van der Waals surface area contributed by atoms with E-state index in [-0.39, 0.29) is 24.0 Å². The first-order chi connectivity index (χ1) is 11.1. The van der Waals surface area contributed by atoms with Gasteiger partial charge in [-0.3, -0.25) is 0 Å². The summed E-state index contributed by atoms with van der Waals surface area (Å²) in [5.74, 6) is -7.07. The molecule has 0 aromatic heterocycles. The second kappa shape index (κ2) is 8.20. The maximum absolute atomic E-state index is 11.8. The Kier molecular flexibility index (Phi) is 6.85. The maximum atomic E-state index is 11.8. The molecule has 0 saturated carbocycles. The van der Waals surface area contributed by atoms with Crippen molar-refractivity contribution in [2.24, 2.45) is 0 Å². The van der Waals surface area contributed by atoms with E-state index >= 15 is 0 Å². The Balaban J connectivity index is 2.75. The second-order valence-corrected chi connectivity index (χ2v) is 5.34. The second-order valence-electron chi connectivity index (χ2n) is 5.34. The van der Waals surface area contributed by atoms with Crippen LogP contribution in [0.15, 0.2) is 24.3 Å². The van der Waals surface area contributed by atoms with Gasteiger partial charge in [-0.25, -0.2) is 9.59 Å². The number of carbonyl (C=O) groups is 2. The van der Waals surface area contributed by atoms with Crippen LogP contribution in [0.2, 0.25) is 0 Å². The molecule has 8 heteroatoms. The fraction of sp³-hybridized carbons (Fsp3) is 0.500. The van der Waals surface area contributed by atoms with Gasteiger partial charge in [0.25, 0.3) is 0 Å². The minimum absolute atomic E-state index is 0.0112. The van der Waals surface area contributed by atoms with Crippen LogP contribution >= 0.6 is 0 Å². The van der Waals surface area contributed by atoms with Gasteiger partial charge in [-0.15, -0.1) is 0 Å². The fourth-order valence-electron chi connectivity index (χ4n) is 1.91. The number of carbonyl (C=O) groups excluding carboxylic acids is 2. The zero-order valence-corrected chi connectivity index (χ0v) is 13.6. The highest BCUT2D eigenvalue weighted by Gasteiger charge is 2.29. The number of hydrogen-bond donors (Lipinski definition) is 4. The zero-order valence-electron chi connectivity index (χ0n) is 13.6. The lowest BCUT2D eigenvalue weighted by Gasteiger charge is -2.21. The van der Waals surface area contributed by atoms with E-state index in [0.717, 1.165) is 0 Å². The molecule has 0 aliphatic heterocycles. The number of hydrogen-bond acceptors (Lipinski definition) is 8. The fourth-order valence-corrected chi connectivity index (χ4v) is 1.91. The molecule has 1 aromatic rings. The van der Waals surface area contributed by atoms with Gasteiger partial charge in [0.05, 0.1) is 11.1 Å². The normalized spacial score (nSPS) is 11.9. The van der Waals surface area contributed by atoms with Crippen LogP contribution < -0.4 is 0 Å². The first-order valence-corrected chi connectivity index (χ1v) is 7.56. The van der Waals surface area contributed by atoms with Crippen molar-refractivity contribution in [2.75, 3.05) is 0 Å². The van der Waals surface area contributed by atoms with E-state index in [1.165, 1.54) is 24.3 Å². The molecule has 8 nitrogen and oxygen atoms in total. The van der Waals surface area contributed by atoms with Crippen molar-refractivity contribution in [3.8, 4) is 0 Å². The van der Waals surface area contributed by atoms with E-state index in [1.807, 2.05) is 0 Å². The van der Waals surface area contributed by atoms with Gasteiger partial charge in [0.2, 0.25) is 0 Å². The van der Waals surface area contributed by atoms with Crippen molar-refractivity contribution in [1.29, 1.82) is 0 Å². The molecule has 134 valence electrons. The Morgan fingerprint density at radius 3 is 1.33 bits per heavy atom. The summed E-state index contributed by atoms with van der Waals surface area (Å²) in [4.78, 5) is 23.6. The molecule has 0 aliphatic carbocycles. The van der Waals surface area contributed by atoms with Gasteiger partial charge in [-0.1, -0.05) is 13.8 Å². The van der Waals surface area contributed by atoms with Crippen LogP contribution in [0.4, 0.5) is 0 Å². The summed E-state index contributed by atoms with van der Waals surface area (Å²) in [6.45, 7) is 3.38.